The molecule has 0 spiro atoms. The van der Waals surface area contributed by atoms with Crippen molar-refractivity contribution in [2.24, 2.45) is 0 Å². The molecule has 0 amide bonds. The van der Waals surface area contributed by atoms with Crippen molar-refractivity contribution in [3.63, 3.8) is 0 Å². The fourth-order valence-corrected chi connectivity index (χ4v) is 8.33. The Morgan fingerprint density at radius 2 is 0.911 bits per heavy atom. The van der Waals surface area contributed by atoms with Crippen LogP contribution < -0.4 is 0 Å². The highest BCUT2D eigenvalue weighted by Crippen LogP contribution is 2.39. The van der Waals surface area contributed by atoms with Gasteiger partial charge in [0.15, 0.2) is 0 Å². The number of benzene rings is 7. The Kier molecular flexibility index (Phi) is 7.46. The van der Waals surface area contributed by atoms with E-state index < -0.39 is 0 Å². The maximum absolute atomic E-state index is 5.25. The third kappa shape index (κ3) is 5.31. The summed E-state index contributed by atoms with van der Waals surface area (Å²) >= 11 is 0. The van der Waals surface area contributed by atoms with Gasteiger partial charge >= 0.3 is 0 Å². The van der Waals surface area contributed by atoms with E-state index in [1.165, 1.54) is 27.2 Å². The number of nitrogens with zero attached hydrogens (tertiary/aromatic N) is 4. The predicted molar refractivity (Wildman–Crippen MR) is 232 cm³/mol. The summed E-state index contributed by atoms with van der Waals surface area (Å²) in [5.74, 6) is 0. The van der Waals surface area contributed by atoms with Crippen LogP contribution in [0.4, 0.5) is 0 Å². The van der Waals surface area contributed by atoms with E-state index in [1.807, 2.05) is 18.3 Å². The Balaban J connectivity index is 1.08. The van der Waals surface area contributed by atoms with Gasteiger partial charge in [-0.1, -0.05) is 127 Å². The van der Waals surface area contributed by atoms with Gasteiger partial charge < -0.3 is 4.57 Å². The lowest BCUT2D eigenvalue weighted by molar-refractivity contribution is 1.14. The summed E-state index contributed by atoms with van der Waals surface area (Å²) in [6.45, 7) is 0. The lowest BCUT2D eigenvalue weighted by atomic mass is 10.00. The van der Waals surface area contributed by atoms with Crippen LogP contribution >= 0.6 is 0 Å². The SMILES string of the molecule is c1ccc(-c2cc(-c3ccccc3)nc(-c3cccc(-n4c5ccccc5c5ccc(-c6ccc7c(c6)c6cccnc6n7-c6ccccc6)cc54)c3)c2)cc1. The van der Waals surface area contributed by atoms with Crippen LogP contribution in [0.15, 0.2) is 206 Å². The molecule has 4 heteroatoms. The first-order chi connectivity index (χ1) is 27.8. The highest BCUT2D eigenvalue weighted by Gasteiger charge is 2.17. The van der Waals surface area contributed by atoms with Crippen molar-refractivity contribution in [2.75, 3.05) is 0 Å². The van der Waals surface area contributed by atoms with Crippen molar-refractivity contribution in [1.29, 1.82) is 0 Å². The Morgan fingerprint density at radius 1 is 0.304 bits per heavy atom. The molecule has 0 unspecified atom stereocenters. The normalized spacial score (nSPS) is 11.6. The van der Waals surface area contributed by atoms with Crippen molar-refractivity contribution < 1.29 is 0 Å². The molecule has 4 nitrogen and oxygen atoms in total. The topological polar surface area (TPSA) is 35.6 Å². The van der Waals surface area contributed by atoms with E-state index in [4.69, 9.17) is 9.97 Å². The third-order valence-electron chi connectivity index (χ3n) is 10.9. The zero-order chi connectivity index (χ0) is 37.0. The van der Waals surface area contributed by atoms with Crippen LogP contribution in [0.5, 0.6) is 0 Å². The van der Waals surface area contributed by atoms with Crippen LogP contribution in [0.25, 0.3) is 99.9 Å². The molecule has 11 aromatic rings. The minimum absolute atomic E-state index is 0.936. The number of hydrogen-bond acceptors (Lipinski definition) is 2. The van der Waals surface area contributed by atoms with E-state index in [-0.39, 0.29) is 0 Å². The van der Waals surface area contributed by atoms with E-state index in [1.54, 1.807) is 0 Å². The number of aromatic nitrogens is 4. The first-order valence-corrected chi connectivity index (χ1v) is 19.0. The van der Waals surface area contributed by atoms with E-state index in [0.29, 0.717) is 0 Å². The van der Waals surface area contributed by atoms with E-state index >= 15 is 0 Å². The molecule has 4 heterocycles. The lowest BCUT2D eigenvalue weighted by Crippen LogP contribution is -1.96. The van der Waals surface area contributed by atoms with Crippen molar-refractivity contribution in [3.05, 3.63) is 206 Å². The first-order valence-electron chi connectivity index (χ1n) is 19.0. The molecular formula is C52H34N4. The van der Waals surface area contributed by atoms with Crippen molar-refractivity contribution in [2.45, 2.75) is 0 Å². The molecule has 56 heavy (non-hydrogen) atoms. The van der Waals surface area contributed by atoms with Crippen LogP contribution in [-0.4, -0.2) is 19.1 Å². The summed E-state index contributed by atoms with van der Waals surface area (Å²) in [5, 5.41) is 4.77. The van der Waals surface area contributed by atoms with Gasteiger partial charge in [0, 0.05) is 50.2 Å². The molecule has 0 bridgehead atoms. The average Bonchev–Trinajstić information content (AvgIpc) is 3.79. The number of hydrogen-bond donors (Lipinski definition) is 0. The fourth-order valence-electron chi connectivity index (χ4n) is 8.33. The van der Waals surface area contributed by atoms with Gasteiger partial charge in [-0.3, -0.25) is 4.57 Å². The number of pyridine rings is 2. The second kappa shape index (κ2) is 13.1. The van der Waals surface area contributed by atoms with Gasteiger partial charge in [-0.15, -0.1) is 0 Å². The summed E-state index contributed by atoms with van der Waals surface area (Å²) in [4.78, 5) is 10.1. The van der Waals surface area contributed by atoms with E-state index in [0.717, 1.165) is 72.6 Å². The minimum atomic E-state index is 0.936. The number of para-hydroxylation sites is 2. The largest absolute Gasteiger partial charge is 0.309 e. The highest BCUT2D eigenvalue weighted by molar-refractivity contribution is 6.12. The molecule has 4 aromatic heterocycles. The molecule has 0 atom stereocenters. The van der Waals surface area contributed by atoms with Gasteiger partial charge in [0.25, 0.3) is 0 Å². The lowest BCUT2D eigenvalue weighted by Gasteiger charge is -2.13. The zero-order valence-corrected chi connectivity index (χ0v) is 30.4. The fraction of sp³-hybridized carbons (Fsp3) is 0. The van der Waals surface area contributed by atoms with Crippen molar-refractivity contribution in [1.82, 2.24) is 19.1 Å². The van der Waals surface area contributed by atoms with E-state index in [9.17, 15) is 0 Å². The molecule has 0 aliphatic rings. The van der Waals surface area contributed by atoms with Crippen LogP contribution in [0.1, 0.15) is 0 Å². The molecule has 0 saturated carbocycles. The van der Waals surface area contributed by atoms with Gasteiger partial charge in [-0.2, -0.15) is 0 Å². The molecule has 0 aliphatic carbocycles. The number of fused-ring (bicyclic) bond motifs is 6. The molecule has 0 fully saturated rings. The van der Waals surface area contributed by atoms with Crippen LogP contribution in [0.3, 0.4) is 0 Å². The first kappa shape index (κ1) is 31.9. The summed E-state index contributed by atoms with van der Waals surface area (Å²) in [7, 11) is 0. The molecule has 0 radical (unpaired) electrons. The Labute approximate surface area is 324 Å². The van der Waals surface area contributed by atoms with Crippen molar-refractivity contribution >= 4 is 43.7 Å². The maximum Gasteiger partial charge on any atom is 0.145 e. The van der Waals surface area contributed by atoms with E-state index in [2.05, 4.69) is 197 Å². The maximum atomic E-state index is 5.25. The molecule has 262 valence electrons. The molecule has 11 rings (SSSR count). The van der Waals surface area contributed by atoms with Crippen LogP contribution in [0, 0.1) is 0 Å². The van der Waals surface area contributed by atoms with Crippen molar-refractivity contribution in [3.8, 4) is 56.1 Å². The molecule has 0 aliphatic heterocycles. The van der Waals surface area contributed by atoms with Crippen LogP contribution in [0.2, 0.25) is 0 Å². The standard InChI is InChI=1S/C52H34N4/c1-4-14-35(15-5-1)40-32-47(36-16-6-2-7-17-36)54-48(33-40)39-18-12-21-42(30-39)55-49-24-11-10-22-43(49)44-27-25-38(34-51(44)55)37-26-28-50-46(31-37)45-23-13-29-53-52(45)56(50)41-19-8-3-9-20-41/h1-34H. The van der Waals surface area contributed by atoms with Gasteiger partial charge in [0.1, 0.15) is 5.65 Å². The summed E-state index contributed by atoms with van der Waals surface area (Å²) in [6.07, 6.45) is 1.88. The third-order valence-corrected chi connectivity index (χ3v) is 10.9. The second-order valence-corrected chi connectivity index (χ2v) is 14.3. The Morgan fingerprint density at radius 3 is 1.73 bits per heavy atom. The highest BCUT2D eigenvalue weighted by atomic mass is 15.0. The summed E-state index contributed by atoms with van der Waals surface area (Å²) in [6, 6.07) is 71.3. The molecular weight excluding hydrogens is 681 g/mol. The Bertz CT molecular complexity index is 3170. The van der Waals surface area contributed by atoms with Gasteiger partial charge in [-0.25, -0.2) is 9.97 Å². The monoisotopic (exact) mass is 714 g/mol. The number of rotatable bonds is 6. The zero-order valence-electron chi connectivity index (χ0n) is 30.4. The predicted octanol–water partition coefficient (Wildman–Crippen LogP) is 13.3. The smallest absolute Gasteiger partial charge is 0.145 e. The summed E-state index contributed by atoms with van der Waals surface area (Å²) in [5.41, 5.74) is 15.3. The quantitative estimate of drug-likeness (QED) is 0.172. The minimum Gasteiger partial charge on any atom is -0.309 e. The molecule has 7 aromatic carbocycles. The Hall–Kier alpha value is -7.56. The van der Waals surface area contributed by atoms with Gasteiger partial charge in [0.05, 0.1) is 27.9 Å². The second-order valence-electron chi connectivity index (χ2n) is 14.3. The van der Waals surface area contributed by atoms with Gasteiger partial charge in [-0.05, 0) is 95.1 Å². The summed E-state index contributed by atoms with van der Waals surface area (Å²) < 4.78 is 4.66. The van der Waals surface area contributed by atoms with Crippen LogP contribution in [-0.2, 0) is 0 Å². The average molecular weight is 715 g/mol. The molecule has 0 saturated heterocycles. The van der Waals surface area contributed by atoms with Gasteiger partial charge in [0.2, 0.25) is 0 Å². The molecule has 0 N–H and O–H groups in total.